The van der Waals surface area contributed by atoms with Crippen LogP contribution < -0.4 is 4.90 Å². The van der Waals surface area contributed by atoms with Crippen molar-refractivity contribution in [1.82, 2.24) is 4.98 Å². The summed E-state index contributed by atoms with van der Waals surface area (Å²) in [6, 6.07) is 14.9. The van der Waals surface area contributed by atoms with Crippen molar-refractivity contribution >= 4 is 55.7 Å². The van der Waals surface area contributed by atoms with Gasteiger partial charge in [-0.25, -0.2) is 9.37 Å². The van der Waals surface area contributed by atoms with Crippen LogP contribution in [0, 0.1) is 19.7 Å². The summed E-state index contributed by atoms with van der Waals surface area (Å²) in [7, 11) is 0. The highest BCUT2D eigenvalue weighted by atomic mass is 35.5. The molecule has 3 aromatic carbocycles. The third kappa shape index (κ3) is 3.67. The van der Waals surface area contributed by atoms with E-state index in [9.17, 15) is 19.1 Å². The van der Waals surface area contributed by atoms with Crippen LogP contribution in [-0.4, -0.2) is 21.8 Å². The molecular weight excluding hydrogens is 475 g/mol. The summed E-state index contributed by atoms with van der Waals surface area (Å²) in [5, 5.41) is 11.9. The summed E-state index contributed by atoms with van der Waals surface area (Å²) < 4.78 is 14.3. The van der Waals surface area contributed by atoms with Gasteiger partial charge in [0.25, 0.3) is 5.78 Å². The lowest BCUT2D eigenvalue weighted by Crippen LogP contribution is -2.29. The van der Waals surface area contributed by atoms with E-state index in [1.54, 1.807) is 24.3 Å². The molecule has 1 aromatic heterocycles. The SMILES string of the molecule is Cc1cc(C)c2nc(N3C(=O)C(=O)C(=C(O)c4ccc(F)cc4)[C@@H]3c3cccc(Cl)c3)sc2c1. The Balaban J connectivity index is 1.75. The number of aromatic nitrogens is 1. The molecule has 0 spiro atoms. The van der Waals surface area contributed by atoms with Crippen LogP contribution in [0.5, 0.6) is 0 Å². The molecule has 8 heteroatoms. The fourth-order valence-electron chi connectivity index (χ4n) is 4.25. The largest absolute Gasteiger partial charge is 0.507 e. The van der Waals surface area contributed by atoms with Gasteiger partial charge in [-0.1, -0.05) is 41.1 Å². The van der Waals surface area contributed by atoms with Gasteiger partial charge in [0.2, 0.25) is 0 Å². The topological polar surface area (TPSA) is 70.5 Å². The highest BCUT2D eigenvalue weighted by molar-refractivity contribution is 7.22. The van der Waals surface area contributed by atoms with Crippen LogP contribution in [0.15, 0.2) is 66.2 Å². The molecule has 4 aromatic rings. The lowest BCUT2D eigenvalue weighted by molar-refractivity contribution is -0.132. The average Bonchev–Trinajstić information content (AvgIpc) is 3.33. The van der Waals surface area contributed by atoms with Crippen molar-refractivity contribution in [3.63, 3.8) is 0 Å². The number of fused-ring (bicyclic) bond motifs is 1. The van der Waals surface area contributed by atoms with Gasteiger partial charge in [0, 0.05) is 10.6 Å². The number of aliphatic hydroxyl groups is 1. The summed E-state index contributed by atoms with van der Waals surface area (Å²) >= 11 is 7.53. The van der Waals surface area contributed by atoms with Gasteiger partial charge in [0.1, 0.15) is 11.6 Å². The molecular formula is C26H18ClFN2O3S. The number of nitrogens with zero attached hydrogens (tertiary/aromatic N) is 2. The Hall–Kier alpha value is -3.55. The van der Waals surface area contributed by atoms with Crippen LogP contribution in [0.4, 0.5) is 9.52 Å². The van der Waals surface area contributed by atoms with Gasteiger partial charge in [0.05, 0.1) is 21.8 Å². The zero-order valence-corrected chi connectivity index (χ0v) is 19.7. The van der Waals surface area contributed by atoms with E-state index in [-0.39, 0.29) is 16.9 Å². The van der Waals surface area contributed by atoms with Crippen molar-refractivity contribution in [2.75, 3.05) is 4.90 Å². The number of anilines is 1. The second-order valence-electron chi connectivity index (χ2n) is 8.16. The molecule has 1 amide bonds. The van der Waals surface area contributed by atoms with E-state index >= 15 is 0 Å². The molecule has 1 saturated heterocycles. The molecule has 1 atom stereocenters. The molecule has 0 unspecified atom stereocenters. The number of ketones is 1. The van der Waals surface area contributed by atoms with Crippen LogP contribution in [0.3, 0.4) is 0 Å². The van der Waals surface area contributed by atoms with Crippen molar-refractivity contribution in [3.8, 4) is 0 Å². The molecule has 170 valence electrons. The minimum atomic E-state index is -0.953. The second kappa shape index (κ2) is 8.34. The number of carbonyl (C=O) groups is 2. The summed E-state index contributed by atoms with van der Waals surface area (Å²) in [6.45, 7) is 3.92. The van der Waals surface area contributed by atoms with Crippen molar-refractivity contribution in [1.29, 1.82) is 0 Å². The molecule has 5 nitrogen and oxygen atoms in total. The number of aryl methyl sites for hydroxylation is 2. The second-order valence-corrected chi connectivity index (χ2v) is 9.60. The molecule has 5 rings (SSSR count). The van der Waals surface area contributed by atoms with E-state index in [1.807, 2.05) is 26.0 Å². The van der Waals surface area contributed by atoms with Crippen molar-refractivity contribution in [2.45, 2.75) is 19.9 Å². The Kier molecular flexibility index (Phi) is 5.46. The standard InChI is InChI=1S/C26H18ClFN2O3S/c1-13-10-14(2)21-19(11-13)34-26(29-21)30-22(16-4-3-5-17(27)12-16)20(24(32)25(30)33)23(31)15-6-8-18(28)9-7-15/h3-12,22,31H,1-2H3/t22-/m0/s1. The Morgan fingerprint density at radius 3 is 2.53 bits per heavy atom. The number of thiazole rings is 1. The Labute approximate surface area is 203 Å². The number of amides is 1. The van der Waals surface area contributed by atoms with Gasteiger partial charge in [-0.3, -0.25) is 14.5 Å². The number of hydrogen-bond acceptors (Lipinski definition) is 5. The molecule has 0 saturated carbocycles. The molecule has 0 radical (unpaired) electrons. The zero-order chi connectivity index (χ0) is 24.1. The lowest BCUT2D eigenvalue weighted by atomic mass is 9.95. The van der Waals surface area contributed by atoms with Crippen LogP contribution in [0.2, 0.25) is 5.02 Å². The highest BCUT2D eigenvalue weighted by Crippen LogP contribution is 2.45. The normalized spacial score (nSPS) is 17.6. The number of aliphatic hydroxyl groups excluding tert-OH is 1. The van der Waals surface area contributed by atoms with Crippen LogP contribution in [0.1, 0.15) is 28.3 Å². The number of carbonyl (C=O) groups excluding carboxylic acids is 2. The van der Waals surface area contributed by atoms with Crippen molar-refractivity contribution < 1.29 is 19.1 Å². The minimum Gasteiger partial charge on any atom is -0.507 e. The quantitative estimate of drug-likeness (QED) is 0.206. The van der Waals surface area contributed by atoms with Gasteiger partial charge < -0.3 is 5.11 Å². The molecule has 34 heavy (non-hydrogen) atoms. The van der Waals surface area contributed by atoms with Crippen LogP contribution in [-0.2, 0) is 9.59 Å². The maximum Gasteiger partial charge on any atom is 0.301 e. The third-order valence-electron chi connectivity index (χ3n) is 5.75. The fourth-order valence-corrected chi connectivity index (χ4v) is 5.61. The van der Waals surface area contributed by atoms with Crippen LogP contribution in [0.25, 0.3) is 16.0 Å². The summed E-state index contributed by atoms with van der Waals surface area (Å²) in [5.74, 6) is -2.52. The van der Waals surface area contributed by atoms with Gasteiger partial charge in [-0.15, -0.1) is 0 Å². The lowest BCUT2D eigenvalue weighted by Gasteiger charge is -2.23. The van der Waals surface area contributed by atoms with Gasteiger partial charge in [-0.05, 0) is 73.0 Å². The monoisotopic (exact) mass is 492 g/mol. The van der Waals surface area contributed by atoms with Gasteiger partial charge in [-0.2, -0.15) is 0 Å². The first-order valence-corrected chi connectivity index (χ1v) is 11.6. The minimum absolute atomic E-state index is 0.106. The number of benzene rings is 3. The fraction of sp³-hybridized carbons (Fsp3) is 0.115. The molecule has 0 aliphatic carbocycles. The first-order chi connectivity index (χ1) is 16.2. The number of halogens is 2. The predicted molar refractivity (Wildman–Crippen MR) is 132 cm³/mol. The maximum absolute atomic E-state index is 13.4. The van der Waals surface area contributed by atoms with E-state index in [1.165, 1.54) is 40.5 Å². The van der Waals surface area contributed by atoms with Gasteiger partial charge >= 0.3 is 5.91 Å². The van der Waals surface area contributed by atoms with Crippen LogP contribution >= 0.6 is 22.9 Å². The molecule has 0 bridgehead atoms. The number of rotatable bonds is 3. The Morgan fingerprint density at radius 2 is 1.82 bits per heavy atom. The number of Topliss-reactive ketones (excluding diaryl/α,β-unsaturated/α-hetero) is 1. The van der Waals surface area contributed by atoms with Crippen molar-refractivity contribution in [2.24, 2.45) is 0 Å². The zero-order valence-electron chi connectivity index (χ0n) is 18.2. The maximum atomic E-state index is 13.4. The van der Waals surface area contributed by atoms with E-state index in [0.29, 0.717) is 15.7 Å². The Bertz CT molecular complexity index is 1510. The van der Waals surface area contributed by atoms with Crippen molar-refractivity contribution in [3.05, 3.63) is 99.3 Å². The summed E-state index contributed by atoms with van der Waals surface area (Å²) in [4.78, 5) is 32.5. The summed E-state index contributed by atoms with van der Waals surface area (Å²) in [5.41, 5.74) is 3.43. The molecule has 2 heterocycles. The number of hydrogen-bond donors (Lipinski definition) is 1. The molecule has 1 aliphatic heterocycles. The molecule has 1 aliphatic rings. The third-order valence-corrected chi connectivity index (χ3v) is 6.99. The first-order valence-electron chi connectivity index (χ1n) is 10.4. The average molecular weight is 493 g/mol. The Morgan fingerprint density at radius 1 is 1.09 bits per heavy atom. The smallest absolute Gasteiger partial charge is 0.301 e. The van der Waals surface area contributed by atoms with E-state index in [2.05, 4.69) is 4.98 Å². The van der Waals surface area contributed by atoms with E-state index < -0.39 is 23.5 Å². The summed E-state index contributed by atoms with van der Waals surface area (Å²) in [6.07, 6.45) is 0. The van der Waals surface area contributed by atoms with E-state index in [4.69, 9.17) is 11.6 Å². The first kappa shape index (κ1) is 22.3. The van der Waals surface area contributed by atoms with Gasteiger partial charge in [0.15, 0.2) is 5.13 Å². The molecule has 1 N–H and O–H groups in total. The molecule has 1 fully saturated rings. The highest BCUT2D eigenvalue weighted by Gasteiger charge is 2.48. The predicted octanol–water partition coefficient (Wildman–Crippen LogP) is 6.33. The van der Waals surface area contributed by atoms with E-state index in [0.717, 1.165) is 21.3 Å².